The van der Waals surface area contributed by atoms with Crippen molar-refractivity contribution in [2.45, 2.75) is 103 Å². The van der Waals surface area contributed by atoms with Crippen LogP contribution in [0.1, 0.15) is 91.4 Å². The van der Waals surface area contributed by atoms with Crippen molar-refractivity contribution in [1.82, 2.24) is 5.32 Å². The standard InChI is InChI=1S/C19H38N2/c1-18(2,3)16-9-8-13-19(15-20,14-12-16)21-17-10-6-4-5-7-11-17/h16-17,21H,4-15,20H2,1-3H3. The first-order chi connectivity index (χ1) is 9.95. The molecule has 0 bridgehead atoms. The van der Waals surface area contributed by atoms with Gasteiger partial charge in [-0.2, -0.15) is 0 Å². The van der Waals surface area contributed by atoms with Crippen LogP contribution in [0.15, 0.2) is 0 Å². The Balaban J connectivity index is 1.96. The lowest BCUT2D eigenvalue weighted by atomic mass is 9.76. The van der Waals surface area contributed by atoms with E-state index in [0.29, 0.717) is 5.41 Å². The first-order valence-corrected chi connectivity index (χ1v) is 9.43. The SMILES string of the molecule is CC(C)(C)C1CCCC(CN)(NC2CCCCCC2)CC1. The van der Waals surface area contributed by atoms with Crippen molar-refractivity contribution in [3.8, 4) is 0 Å². The summed E-state index contributed by atoms with van der Waals surface area (Å²) in [6.07, 6.45) is 15.0. The van der Waals surface area contributed by atoms with Crippen LogP contribution in [0, 0.1) is 11.3 Å². The number of rotatable bonds is 3. The fourth-order valence-corrected chi connectivity index (χ4v) is 4.54. The highest BCUT2D eigenvalue weighted by Crippen LogP contribution is 2.40. The molecular formula is C19H38N2. The Morgan fingerprint density at radius 3 is 2.14 bits per heavy atom. The maximum absolute atomic E-state index is 6.26. The van der Waals surface area contributed by atoms with E-state index in [1.165, 1.54) is 70.6 Å². The van der Waals surface area contributed by atoms with Crippen LogP contribution in [0.25, 0.3) is 0 Å². The third kappa shape index (κ3) is 4.96. The second-order valence-electron chi connectivity index (χ2n) is 8.81. The highest BCUT2D eigenvalue weighted by Gasteiger charge is 2.36. The van der Waals surface area contributed by atoms with Crippen molar-refractivity contribution < 1.29 is 0 Å². The van der Waals surface area contributed by atoms with Crippen LogP contribution in [0.2, 0.25) is 0 Å². The summed E-state index contributed by atoms with van der Waals surface area (Å²) in [5.41, 5.74) is 6.94. The molecule has 0 aliphatic heterocycles. The number of hydrogen-bond donors (Lipinski definition) is 2. The molecule has 0 heterocycles. The number of hydrogen-bond acceptors (Lipinski definition) is 2. The molecule has 2 aliphatic rings. The molecular weight excluding hydrogens is 256 g/mol. The minimum absolute atomic E-state index is 0.231. The van der Waals surface area contributed by atoms with Gasteiger partial charge in [-0.1, -0.05) is 52.9 Å². The fourth-order valence-electron chi connectivity index (χ4n) is 4.54. The molecule has 2 aliphatic carbocycles. The van der Waals surface area contributed by atoms with Gasteiger partial charge in [0, 0.05) is 18.1 Å². The van der Waals surface area contributed by atoms with E-state index in [-0.39, 0.29) is 5.54 Å². The first-order valence-electron chi connectivity index (χ1n) is 9.43. The molecule has 0 spiro atoms. The molecule has 3 N–H and O–H groups in total. The average molecular weight is 295 g/mol. The van der Waals surface area contributed by atoms with E-state index < -0.39 is 0 Å². The molecule has 124 valence electrons. The summed E-state index contributed by atoms with van der Waals surface area (Å²) in [6.45, 7) is 8.05. The van der Waals surface area contributed by atoms with Crippen LogP contribution in [-0.2, 0) is 0 Å². The first kappa shape index (κ1) is 17.3. The van der Waals surface area contributed by atoms with Gasteiger partial charge in [-0.05, 0) is 49.9 Å². The summed E-state index contributed by atoms with van der Waals surface area (Å²) in [6, 6.07) is 0.724. The van der Waals surface area contributed by atoms with Gasteiger partial charge in [0.15, 0.2) is 0 Å². The normalized spacial score (nSPS) is 33.4. The molecule has 0 amide bonds. The van der Waals surface area contributed by atoms with E-state index in [9.17, 15) is 0 Å². The van der Waals surface area contributed by atoms with E-state index in [4.69, 9.17) is 5.73 Å². The van der Waals surface area contributed by atoms with Gasteiger partial charge >= 0.3 is 0 Å². The van der Waals surface area contributed by atoms with Crippen LogP contribution in [0.5, 0.6) is 0 Å². The molecule has 2 unspecified atom stereocenters. The van der Waals surface area contributed by atoms with Gasteiger partial charge in [-0.3, -0.25) is 0 Å². The van der Waals surface area contributed by atoms with E-state index in [0.717, 1.165) is 18.5 Å². The minimum atomic E-state index is 0.231. The average Bonchev–Trinajstić information content (AvgIpc) is 2.80. The Morgan fingerprint density at radius 2 is 1.57 bits per heavy atom. The van der Waals surface area contributed by atoms with Gasteiger partial charge in [-0.25, -0.2) is 0 Å². The van der Waals surface area contributed by atoms with Crippen LogP contribution >= 0.6 is 0 Å². The summed E-state index contributed by atoms with van der Waals surface area (Å²) >= 11 is 0. The zero-order chi connectivity index (χ0) is 15.3. The zero-order valence-corrected chi connectivity index (χ0v) is 14.7. The maximum atomic E-state index is 6.26. The highest BCUT2D eigenvalue weighted by atomic mass is 15.0. The maximum Gasteiger partial charge on any atom is 0.0306 e. The predicted octanol–water partition coefficient (Wildman–Crippen LogP) is 4.62. The van der Waals surface area contributed by atoms with Gasteiger partial charge in [0.1, 0.15) is 0 Å². The van der Waals surface area contributed by atoms with Gasteiger partial charge in [0.25, 0.3) is 0 Å². The Kier molecular flexibility index (Phi) is 6.14. The van der Waals surface area contributed by atoms with E-state index >= 15 is 0 Å². The monoisotopic (exact) mass is 294 g/mol. The number of nitrogens with two attached hydrogens (primary N) is 1. The highest BCUT2D eigenvalue weighted by molar-refractivity contribution is 4.96. The van der Waals surface area contributed by atoms with Crippen molar-refractivity contribution in [1.29, 1.82) is 0 Å². The predicted molar refractivity (Wildman–Crippen MR) is 92.4 cm³/mol. The Labute approximate surface area is 132 Å². The Hall–Kier alpha value is -0.0800. The second-order valence-corrected chi connectivity index (χ2v) is 8.81. The molecule has 2 saturated carbocycles. The third-order valence-electron chi connectivity index (χ3n) is 6.16. The summed E-state index contributed by atoms with van der Waals surface area (Å²) in [5, 5.41) is 4.05. The van der Waals surface area contributed by atoms with E-state index in [1.807, 2.05) is 0 Å². The molecule has 2 fully saturated rings. The van der Waals surface area contributed by atoms with Crippen molar-refractivity contribution in [3.63, 3.8) is 0 Å². The molecule has 21 heavy (non-hydrogen) atoms. The molecule has 0 radical (unpaired) electrons. The van der Waals surface area contributed by atoms with E-state index in [2.05, 4.69) is 26.1 Å². The minimum Gasteiger partial charge on any atom is -0.329 e. The van der Waals surface area contributed by atoms with Crippen LogP contribution in [0.4, 0.5) is 0 Å². The van der Waals surface area contributed by atoms with Crippen LogP contribution < -0.4 is 11.1 Å². The number of nitrogens with one attached hydrogen (secondary N) is 1. The molecule has 2 rings (SSSR count). The van der Waals surface area contributed by atoms with Crippen LogP contribution in [0.3, 0.4) is 0 Å². The third-order valence-corrected chi connectivity index (χ3v) is 6.16. The van der Waals surface area contributed by atoms with Crippen molar-refractivity contribution in [3.05, 3.63) is 0 Å². The zero-order valence-electron chi connectivity index (χ0n) is 14.7. The van der Waals surface area contributed by atoms with E-state index in [1.54, 1.807) is 0 Å². The quantitative estimate of drug-likeness (QED) is 0.745. The molecule has 0 aromatic carbocycles. The topological polar surface area (TPSA) is 38.0 Å². The smallest absolute Gasteiger partial charge is 0.0306 e. The van der Waals surface area contributed by atoms with Gasteiger partial charge in [0.05, 0.1) is 0 Å². The lowest BCUT2D eigenvalue weighted by molar-refractivity contribution is 0.200. The molecule has 0 aromatic heterocycles. The van der Waals surface area contributed by atoms with Gasteiger partial charge in [0.2, 0.25) is 0 Å². The summed E-state index contributed by atoms with van der Waals surface area (Å²) in [5.74, 6) is 0.863. The lowest BCUT2D eigenvalue weighted by Gasteiger charge is -2.37. The summed E-state index contributed by atoms with van der Waals surface area (Å²) in [4.78, 5) is 0. The largest absolute Gasteiger partial charge is 0.329 e. The summed E-state index contributed by atoms with van der Waals surface area (Å²) < 4.78 is 0. The second kappa shape index (κ2) is 7.46. The Morgan fingerprint density at radius 1 is 0.905 bits per heavy atom. The molecule has 2 atom stereocenters. The van der Waals surface area contributed by atoms with Gasteiger partial charge < -0.3 is 11.1 Å². The summed E-state index contributed by atoms with van der Waals surface area (Å²) in [7, 11) is 0. The van der Waals surface area contributed by atoms with Crippen molar-refractivity contribution in [2.75, 3.05) is 6.54 Å². The lowest BCUT2D eigenvalue weighted by Crippen LogP contribution is -2.55. The van der Waals surface area contributed by atoms with Crippen LogP contribution in [-0.4, -0.2) is 18.1 Å². The van der Waals surface area contributed by atoms with Crippen molar-refractivity contribution >= 4 is 0 Å². The molecule has 2 nitrogen and oxygen atoms in total. The molecule has 2 heteroatoms. The van der Waals surface area contributed by atoms with Crippen molar-refractivity contribution in [2.24, 2.45) is 17.1 Å². The fraction of sp³-hybridized carbons (Fsp3) is 1.00. The molecule has 0 aromatic rings. The Bertz CT molecular complexity index is 299. The molecule has 0 saturated heterocycles. The van der Waals surface area contributed by atoms with Gasteiger partial charge in [-0.15, -0.1) is 0 Å².